The quantitative estimate of drug-likeness (QED) is 0.480. The summed E-state index contributed by atoms with van der Waals surface area (Å²) in [5, 5.41) is 0. The van der Waals surface area contributed by atoms with Crippen LogP contribution >= 0.6 is 0 Å². The van der Waals surface area contributed by atoms with Gasteiger partial charge in [-0.1, -0.05) is 46.3 Å². The molecule has 0 spiro atoms. The van der Waals surface area contributed by atoms with Gasteiger partial charge in [-0.2, -0.15) is 0 Å². The van der Waals surface area contributed by atoms with Gasteiger partial charge in [0, 0.05) is 5.41 Å². The van der Waals surface area contributed by atoms with Crippen LogP contribution < -0.4 is 0 Å². The van der Waals surface area contributed by atoms with Crippen LogP contribution in [0.1, 0.15) is 55.4 Å². The molecule has 0 N–H and O–H groups in total. The van der Waals surface area contributed by atoms with E-state index in [9.17, 15) is 0 Å². The van der Waals surface area contributed by atoms with Gasteiger partial charge in [0.15, 0.2) is 0 Å². The molecule has 0 aliphatic carbocycles. The third-order valence-corrected chi connectivity index (χ3v) is 3.69. The van der Waals surface area contributed by atoms with Gasteiger partial charge >= 0.3 is 0 Å². The van der Waals surface area contributed by atoms with Gasteiger partial charge in [-0.25, -0.2) is 0 Å². The van der Waals surface area contributed by atoms with Crippen molar-refractivity contribution in [3.8, 4) is 0 Å². The van der Waals surface area contributed by atoms with Gasteiger partial charge in [0.25, 0.3) is 0 Å². The van der Waals surface area contributed by atoms with E-state index in [1.807, 2.05) is 0 Å². The Hall–Kier alpha value is -0.590. The SMILES string of the molecule is C=NC(C)(C)C(C)(C)/C(=C/C)C(C)(C)C. The maximum atomic E-state index is 4.28. The number of hydrogen-bond acceptors (Lipinski definition) is 1. The number of aliphatic imine (C=N–C) groups is 1. The molecule has 0 aromatic heterocycles. The van der Waals surface area contributed by atoms with E-state index >= 15 is 0 Å². The Bertz CT molecular complexity index is 262. The zero-order valence-corrected chi connectivity index (χ0v) is 11.7. The second kappa shape index (κ2) is 4.11. The second-order valence-corrected chi connectivity index (χ2v) is 6.29. The monoisotopic (exact) mass is 209 g/mol. The summed E-state index contributed by atoms with van der Waals surface area (Å²) in [6.07, 6.45) is 2.23. The van der Waals surface area contributed by atoms with Crippen molar-refractivity contribution in [2.45, 2.75) is 60.9 Å². The van der Waals surface area contributed by atoms with E-state index in [0.29, 0.717) is 0 Å². The fourth-order valence-electron chi connectivity index (χ4n) is 2.26. The van der Waals surface area contributed by atoms with Crippen molar-refractivity contribution < 1.29 is 0 Å². The molecule has 1 nitrogen and oxygen atoms in total. The highest BCUT2D eigenvalue weighted by Crippen LogP contribution is 2.47. The summed E-state index contributed by atoms with van der Waals surface area (Å²) in [6, 6.07) is 0. The smallest absolute Gasteiger partial charge is 0.0632 e. The van der Waals surface area contributed by atoms with Crippen LogP contribution in [-0.4, -0.2) is 12.3 Å². The number of allylic oxidation sites excluding steroid dienone is 1. The number of rotatable bonds is 3. The van der Waals surface area contributed by atoms with Crippen molar-refractivity contribution in [1.82, 2.24) is 0 Å². The molecule has 1 heteroatoms. The minimum absolute atomic E-state index is 0.0295. The second-order valence-electron chi connectivity index (χ2n) is 6.29. The average Bonchev–Trinajstić information content (AvgIpc) is 2.01. The normalized spacial score (nSPS) is 15.3. The zero-order chi connectivity index (χ0) is 12.5. The molecule has 15 heavy (non-hydrogen) atoms. The van der Waals surface area contributed by atoms with Gasteiger partial charge in [-0.05, 0) is 32.9 Å². The first kappa shape index (κ1) is 14.4. The van der Waals surface area contributed by atoms with E-state index in [-0.39, 0.29) is 16.4 Å². The molecule has 0 fully saturated rings. The van der Waals surface area contributed by atoms with Crippen LogP contribution in [0.25, 0.3) is 0 Å². The maximum Gasteiger partial charge on any atom is 0.0632 e. The van der Waals surface area contributed by atoms with Crippen molar-refractivity contribution >= 4 is 6.72 Å². The lowest BCUT2D eigenvalue weighted by Gasteiger charge is -2.45. The zero-order valence-electron chi connectivity index (χ0n) is 11.7. The van der Waals surface area contributed by atoms with Crippen molar-refractivity contribution in [3.63, 3.8) is 0 Å². The molecule has 0 aliphatic heterocycles. The molecule has 0 bridgehead atoms. The number of nitrogens with zero attached hydrogens (tertiary/aromatic N) is 1. The molecule has 0 saturated carbocycles. The summed E-state index contributed by atoms with van der Waals surface area (Å²) < 4.78 is 0. The Morgan fingerprint density at radius 2 is 1.40 bits per heavy atom. The minimum Gasteiger partial charge on any atom is -0.294 e. The first-order valence-corrected chi connectivity index (χ1v) is 5.66. The van der Waals surface area contributed by atoms with Gasteiger partial charge in [-0.3, -0.25) is 4.99 Å². The Morgan fingerprint density at radius 3 is 1.60 bits per heavy atom. The van der Waals surface area contributed by atoms with Gasteiger partial charge in [-0.15, -0.1) is 0 Å². The standard InChI is InChI=1S/C14H27N/c1-10-11(12(2,3)4)13(5,6)14(7,8)15-9/h10H,9H2,1-8H3/b11-10+. The Balaban J connectivity index is 5.46. The molecule has 0 aromatic rings. The minimum atomic E-state index is -0.137. The predicted molar refractivity (Wildman–Crippen MR) is 70.6 cm³/mol. The lowest BCUT2D eigenvalue weighted by molar-refractivity contribution is 0.214. The third-order valence-electron chi connectivity index (χ3n) is 3.69. The van der Waals surface area contributed by atoms with Gasteiger partial charge in [0.05, 0.1) is 5.54 Å². The first-order chi connectivity index (χ1) is 6.50. The molecule has 0 unspecified atom stereocenters. The van der Waals surface area contributed by atoms with Crippen LogP contribution in [0.5, 0.6) is 0 Å². The van der Waals surface area contributed by atoms with Crippen LogP contribution in [-0.2, 0) is 0 Å². The lowest BCUT2D eigenvalue weighted by atomic mass is 9.62. The average molecular weight is 209 g/mol. The van der Waals surface area contributed by atoms with Crippen LogP contribution in [0.3, 0.4) is 0 Å². The highest BCUT2D eigenvalue weighted by atomic mass is 14.8. The summed E-state index contributed by atoms with van der Waals surface area (Å²) in [5.41, 5.74) is 1.51. The van der Waals surface area contributed by atoms with E-state index in [0.717, 1.165) is 0 Å². The van der Waals surface area contributed by atoms with Crippen LogP contribution in [0.4, 0.5) is 0 Å². The predicted octanol–water partition coefficient (Wildman–Crippen LogP) is 4.48. The first-order valence-electron chi connectivity index (χ1n) is 5.66. The summed E-state index contributed by atoms with van der Waals surface area (Å²) >= 11 is 0. The molecule has 0 aromatic carbocycles. The highest BCUT2D eigenvalue weighted by Gasteiger charge is 2.42. The Labute approximate surface area is 95.7 Å². The molecule has 0 atom stereocenters. The lowest BCUT2D eigenvalue weighted by Crippen LogP contribution is -2.42. The van der Waals surface area contributed by atoms with Crippen LogP contribution in [0.2, 0.25) is 0 Å². The Kier molecular flexibility index (Phi) is 3.95. The molecule has 0 heterocycles. The van der Waals surface area contributed by atoms with E-state index in [1.54, 1.807) is 0 Å². The molecule has 88 valence electrons. The van der Waals surface area contributed by atoms with Gasteiger partial charge < -0.3 is 0 Å². The molecular formula is C14H27N. The third kappa shape index (κ3) is 2.70. The fourth-order valence-corrected chi connectivity index (χ4v) is 2.26. The highest BCUT2D eigenvalue weighted by molar-refractivity contribution is 5.31. The van der Waals surface area contributed by atoms with Crippen molar-refractivity contribution in [3.05, 3.63) is 11.6 Å². The molecule has 0 aliphatic rings. The van der Waals surface area contributed by atoms with E-state index in [1.165, 1.54) is 5.57 Å². The molecule has 0 amide bonds. The topological polar surface area (TPSA) is 12.4 Å². The van der Waals surface area contributed by atoms with Gasteiger partial charge in [0.2, 0.25) is 0 Å². The Morgan fingerprint density at radius 1 is 1.00 bits per heavy atom. The summed E-state index contributed by atoms with van der Waals surface area (Å²) in [5.74, 6) is 0. The van der Waals surface area contributed by atoms with Crippen LogP contribution in [0.15, 0.2) is 16.6 Å². The molecule has 0 radical (unpaired) electrons. The van der Waals surface area contributed by atoms with Crippen LogP contribution in [0, 0.1) is 10.8 Å². The van der Waals surface area contributed by atoms with Gasteiger partial charge in [0.1, 0.15) is 0 Å². The fraction of sp³-hybridized carbons (Fsp3) is 0.786. The van der Waals surface area contributed by atoms with Crippen molar-refractivity contribution in [1.29, 1.82) is 0 Å². The maximum absolute atomic E-state index is 4.28. The van der Waals surface area contributed by atoms with Crippen molar-refractivity contribution in [2.75, 3.05) is 0 Å². The van der Waals surface area contributed by atoms with E-state index in [2.05, 4.69) is 73.2 Å². The number of hydrogen-bond donors (Lipinski definition) is 0. The summed E-state index contributed by atoms with van der Waals surface area (Å²) in [7, 11) is 0. The molecule has 0 saturated heterocycles. The van der Waals surface area contributed by atoms with Crippen molar-refractivity contribution in [2.24, 2.45) is 15.8 Å². The van der Waals surface area contributed by atoms with E-state index in [4.69, 9.17) is 0 Å². The van der Waals surface area contributed by atoms with E-state index < -0.39 is 0 Å². The molecular weight excluding hydrogens is 182 g/mol. The molecule has 0 rings (SSSR count). The largest absolute Gasteiger partial charge is 0.294 e. The summed E-state index contributed by atoms with van der Waals surface area (Å²) in [6.45, 7) is 21.4. The summed E-state index contributed by atoms with van der Waals surface area (Å²) in [4.78, 5) is 4.28.